The van der Waals surface area contributed by atoms with E-state index in [0.717, 1.165) is 55.1 Å². The van der Waals surface area contributed by atoms with Crippen LogP contribution in [0.5, 0.6) is 0 Å². The van der Waals surface area contributed by atoms with Crippen molar-refractivity contribution in [3.05, 3.63) is 48.3 Å². The molecule has 4 nitrogen and oxygen atoms in total. The summed E-state index contributed by atoms with van der Waals surface area (Å²) >= 11 is 0. The lowest BCUT2D eigenvalue weighted by molar-refractivity contribution is -0.137. The van der Waals surface area contributed by atoms with Gasteiger partial charge in [0.1, 0.15) is 5.69 Å². The number of piperidine rings is 1. The third kappa shape index (κ3) is 2.94. The summed E-state index contributed by atoms with van der Waals surface area (Å²) in [6.07, 6.45) is 2.67. The summed E-state index contributed by atoms with van der Waals surface area (Å²) in [4.78, 5) is 6.71. The van der Waals surface area contributed by atoms with Crippen molar-refractivity contribution in [1.82, 2.24) is 14.6 Å². The van der Waals surface area contributed by atoms with Gasteiger partial charge in [0.05, 0.1) is 17.5 Å². The van der Waals surface area contributed by atoms with E-state index < -0.39 is 11.7 Å². The Kier molecular flexibility index (Phi) is 3.86. The molecule has 0 atom stereocenters. The van der Waals surface area contributed by atoms with Crippen molar-refractivity contribution >= 4 is 11.3 Å². The van der Waals surface area contributed by atoms with Gasteiger partial charge in [-0.05, 0) is 37.5 Å². The molecule has 0 N–H and O–H groups in total. The molecule has 1 aliphatic rings. The van der Waals surface area contributed by atoms with Gasteiger partial charge >= 0.3 is 6.18 Å². The van der Waals surface area contributed by atoms with Gasteiger partial charge in [-0.1, -0.05) is 12.1 Å². The molecule has 0 aliphatic carbocycles. The Morgan fingerprint density at radius 2 is 1.64 bits per heavy atom. The van der Waals surface area contributed by atoms with Crippen LogP contribution in [0, 0.1) is 0 Å². The Morgan fingerprint density at radius 1 is 0.920 bits per heavy atom. The van der Waals surface area contributed by atoms with Crippen LogP contribution in [-0.2, 0) is 6.18 Å². The summed E-state index contributed by atoms with van der Waals surface area (Å²) in [6.45, 7) is 1.96. The molecule has 0 unspecified atom stereocenters. The van der Waals surface area contributed by atoms with Crippen molar-refractivity contribution in [2.45, 2.75) is 25.4 Å². The molecule has 7 heteroatoms. The fourth-order valence-electron chi connectivity index (χ4n) is 3.29. The maximum atomic E-state index is 12.8. The highest BCUT2D eigenvalue weighted by molar-refractivity contribution is 5.72. The van der Waals surface area contributed by atoms with E-state index in [1.165, 1.54) is 18.6 Å². The minimum absolute atomic E-state index is 0.656. The minimum Gasteiger partial charge on any atom is -0.367 e. The number of halogens is 3. The van der Waals surface area contributed by atoms with Gasteiger partial charge in [0.15, 0.2) is 5.65 Å². The SMILES string of the molecule is FC(F)(F)c1ccc(-c2ccnc3c(N4CCCCC4)cnn23)cc1. The number of alkyl halides is 3. The quantitative estimate of drug-likeness (QED) is 0.689. The third-order valence-electron chi connectivity index (χ3n) is 4.59. The molecule has 0 saturated carbocycles. The van der Waals surface area contributed by atoms with E-state index >= 15 is 0 Å². The molecular formula is C18H17F3N4. The van der Waals surface area contributed by atoms with Crippen molar-refractivity contribution in [3.63, 3.8) is 0 Å². The highest BCUT2D eigenvalue weighted by Crippen LogP contribution is 2.32. The largest absolute Gasteiger partial charge is 0.416 e. The standard InChI is InChI=1S/C18H17F3N4/c19-18(20,21)14-6-4-13(5-7-14)15-8-9-22-17-16(12-23-25(15)17)24-10-2-1-3-11-24/h4-9,12H,1-3,10-11H2. The highest BCUT2D eigenvalue weighted by Gasteiger charge is 2.30. The minimum atomic E-state index is -4.33. The molecule has 130 valence electrons. The number of hydrogen-bond acceptors (Lipinski definition) is 3. The van der Waals surface area contributed by atoms with Crippen LogP contribution < -0.4 is 4.90 Å². The second-order valence-electron chi connectivity index (χ2n) is 6.22. The maximum absolute atomic E-state index is 12.8. The Balaban J connectivity index is 1.74. The average Bonchev–Trinajstić information content (AvgIpc) is 3.06. The zero-order valence-electron chi connectivity index (χ0n) is 13.5. The Labute approximate surface area is 142 Å². The summed E-state index contributed by atoms with van der Waals surface area (Å²) in [5, 5.41) is 4.43. The van der Waals surface area contributed by atoms with E-state index in [2.05, 4.69) is 15.0 Å². The molecule has 1 fully saturated rings. The van der Waals surface area contributed by atoms with Crippen LogP contribution in [0.3, 0.4) is 0 Å². The molecule has 0 amide bonds. The molecule has 3 heterocycles. The predicted octanol–water partition coefficient (Wildman–Crippen LogP) is 4.41. The van der Waals surface area contributed by atoms with Gasteiger partial charge in [0, 0.05) is 24.8 Å². The fraction of sp³-hybridized carbons (Fsp3) is 0.333. The van der Waals surface area contributed by atoms with Crippen LogP contribution >= 0.6 is 0 Å². The zero-order valence-corrected chi connectivity index (χ0v) is 13.5. The van der Waals surface area contributed by atoms with E-state index in [1.54, 1.807) is 23.0 Å². The van der Waals surface area contributed by atoms with Gasteiger partial charge in [-0.3, -0.25) is 0 Å². The van der Waals surface area contributed by atoms with Gasteiger partial charge in [0.25, 0.3) is 0 Å². The number of anilines is 1. The Hall–Kier alpha value is -2.57. The number of hydrogen-bond donors (Lipinski definition) is 0. The molecule has 4 rings (SSSR count). The van der Waals surface area contributed by atoms with E-state index in [4.69, 9.17) is 0 Å². The molecule has 2 aromatic heterocycles. The molecular weight excluding hydrogens is 329 g/mol. The normalized spacial score (nSPS) is 15.7. The van der Waals surface area contributed by atoms with E-state index in [-0.39, 0.29) is 0 Å². The van der Waals surface area contributed by atoms with Crippen molar-refractivity contribution < 1.29 is 13.2 Å². The average molecular weight is 346 g/mol. The fourth-order valence-corrected chi connectivity index (χ4v) is 3.29. The molecule has 0 spiro atoms. The van der Waals surface area contributed by atoms with E-state index in [9.17, 15) is 13.2 Å². The number of nitrogens with zero attached hydrogens (tertiary/aromatic N) is 4. The van der Waals surface area contributed by atoms with Gasteiger partial charge in [-0.2, -0.15) is 18.3 Å². The smallest absolute Gasteiger partial charge is 0.367 e. The number of fused-ring (bicyclic) bond motifs is 1. The zero-order chi connectivity index (χ0) is 17.4. The summed E-state index contributed by atoms with van der Waals surface area (Å²) in [6, 6.07) is 6.90. The second kappa shape index (κ2) is 6.06. The number of rotatable bonds is 2. The monoisotopic (exact) mass is 346 g/mol. The van der Waals surface area contributed by atoms with E-state index in [1.807, 2.05) is 0 Å². The third-order valence-corrected chi connectivity index (χ3v) is 4.59. The van der Waals surface area contributed by atoms with Crippen LogP contribution in [0.2, 0.25) is 0 Å². The van der Waals surface area contributed by atoms with Crippen molar-refractivity contribution in [2.75, 3.05) is 18.0 Å². The molecule has 0 bridgehead atoms. The first kappa shape index (κ1) is 15.9. The van der Waals surface area contributed by atoms with Crippen LogP contribution in [0.1, 0.15) is 24.8 Å². The lowest BCUT2D eigenvalue weighted by atomic mass is 10.1. The highest BCUT2D eigenvalue weighted by atomic mass is 19.4. The van der Waals surface area contributed by atoms with Crippen molar-refractivity contribution in [3.8, 4) is 11.3 Å². The van der Waals surface area contributed by atoms with Gasteiger partial charge in [-0.15, -0.1) is 0 Å². The number of aromatic nitrogens is 3. The summed E-state index contributed by atoms with van der Waals surface area (Å²) < 4.78 is 40.0. The van der Waals surface area contributed by atoms with Crippen molar-refractivity contribution in [1.29, 1.82) is 0 Å². The van der Waals surface area contributed by atoms with E-state index in [0.29, 0.717) is 5.56 Å². The first-order chi connectivity index (χ1) is 12.0. The topological polar surface area (TPSA) is 33.4 Å². The summed E-state index contributed by atoms with van der Waals surface area (Å²) in [7, 11) is 0. The van der Waals surface area contributed by atoms with Gasteiger partial charge in [-0.25, -0.2) is 9.50 Å². The lowest BCUT2D eigenvalue weighted by Crippen LogP contribution is -2.29. The predicted molar refractivity (Wildman–Crippen MR) is 89.5 cm³/mol. The molecule has 3 aromatic rings. The van der Waals surface area contributed by atoms with Crippen LogP contribution in [0.25, 0.3) is 16.9 Å². The molecule has 1 saturated heterocycles. The summed E-state index contributed by atoms with van der Waals surface area (Å²) in [5.74, 6) is 0. The summed E-state index contributed by atoms with van der Waals surface area (Å²) in [5.41, 5.74) is 2.46. The molecule has 0 radical (unpaired) electrons. The Morgan fingerprint density at radius 3 is 2.32 bits per heavy atom. The maximum Gasteiger partial charge on any atom is 0.416 e. The molecule has 25 heavy (non-hydrogen) atoms. The van der Waals surface area contributed by atoms with Crippen LogP contribution in [0.4, 0.5) is 18.9 Å². The first-order valence-corrected chi connectivity index (χ1v) is 8.29. The van der Waals surface area contributed by atoms with Gasteiger partial charge in [0.2, 0.25) is 0 Å². The van der Waals surface area contributed by atoms with Crippen molar-refractivity contribution in [2.24, 2.45) is 0 Å². The molecule has 1 aromatic carbocycles. The second-order valence-corrected chi connectivity index (χ2v) is 6.22. The van der Waals surface area contributed by atoms with Crippen LogP contribution in [0.15, 0.2) is 42.7 Å². The van der Waals surface area contributed by atoms with Crippen LogP contribution in [-0.4, -0.2) is 27.7 Å². The van der Waals surface area contributed by atoms with Gasteiger partial charge < -0.3 is 4.90 Å². The molecule has 1 aliphatic heterocycles. The number of benzene rings is 1. The Bertz CT molecular complexity index is 877. The first-order valence-electron chi connectivity index (χ1n) is 8.29. The lowest BCUT2D eigenvalue weighted by Gasteiger charge is -2.27.